The smallest absolute Gasteiger partial charge is 0.339 e. The third-order valence-electron chi connectivity index (χ3n) is 3.48. The first kappa shape index (κ1) is 14.3. The summed E-state index contributed by atoms with van der Waals surface area (Å²) in [7, 11) is 2.13. The minimum atomic E-state index is -0.959. The van der Waals surface area contributed by atoms with E-state index in [2.05, 4.69) is 38.2 Å². The number of carboxylic acids is 1. The zero-order chi connectivity index (χ0) is 13.8. The maximum absolute atomic E-state index is 11.2. The number of halogens is 1. The number of hydrogen-bond acceptors (Lipinski definition) is 4. The van der Waals surface area contributed by atoms with Crippen LogP contribution in [0, 0.1) is 5.92 Å². The Hall–Kier alpha value is -1.14. The molecule has 6 heteroatoms. The van der Waals surface area contributed by atoms with Crippen molar-refractivity contribution in [3.63, 3.8) is 0 Å². The lowest BCUT2D eigenvalue weighted by atomic mass is 9.97. The largest absolute Gasteiger partial charge is 0.478 e. The molecule has 0 radical (unpaired) electrons. The van der Waals surface area contributed by atoms with Crippen molar-refractivity contribution in [3.05, 3.63) is 22.3 Å². The lowest BCUT2D eigenvalue weighted by Crippen LogP contribution is -2.33. The van der Waals surface area contributed by atoms with Crippen LogP contribution in [-0.4, -0.2) is 47.6 Å². The van der Waals surface area contributed by atoms with Crippen molar-refractivity contribution >= 4 is 27.7 Å². The van der Waals surface area contributed by atoms with Crippen molar-refractivity contribution in [1.82, 2.24) is 9.88 Å². The van der Waals surface area contributed by atoms with Gasteiger partial charge in [0.05, 0.1) is 0 Å². The molecule has 1 fully saturated rings. The molecule has 0 saturated carbocycles. The highest BCUT2D eigenvalue weighted by molar-refractivity contribution is 9.10. The van der Waals surface area contributed by atoms with Gasteiger partial charge in [-0.15, -0.1) is 0 Å². The summed E-state index contributed by atoms with van der Waals surface area (Å²) in [6, 6.07) is 1.58. The zero-order valence-electron chi connectivity index (χ0n) is 10.9. The maximum Gasteiger partial charge on any atom is 0.339 e. The molecule has 0 amide bonds. The zero-order valence-corrected chi connectivity index (χ0v) is 12.5. The van der Waals surface area contributed by atoms with Crippen molar-refractivity contribution in [2.24, 2.45) is 5.92 Å². The highest BCUT2D eigenvalue weighted by atomic mass is 79.9. The van der Waals surface area contributed by atoms with Gasteiger partial charge in [-0.1, -0.05) is 0 Å². The number of aromatic nitrogens is 1. The molecular weight excluding hydrogens is 310 g/mol. The van der Waals surface area contributed by atoms with Gasteiger partial charge in [0.25, 0.3) is 0 Å². The van der Waals surface area contributed by atoms with Gasteiger partial charge in [-0.2, -0.15) is 0 Å². The van der Waals surface area contributed by atoms with E-state index >= 15 is 0 Å². The number of pyridine rings is 1. The molecule has 0 spiro atoms. The minimum absolute atomic E-state index is 0.210. The summed E-state index contributed by atoms with van der Waals surface area (Å²) in [4.78, 5) is 17.6. The molecule has 1 aliphatic rings. The van der Waals surface area contributed by atoms with Crippen LogP contribution in [0.5, 0.6) is 0 Å². The van der Waals surface area contributed by atoms with Gasteiger partial charge in [0.2, 0.25) is 0 Å². The van der Waals surface area contributed by atoms with Gasteiger partial charge in [-0.05, 0) is 60.9 Å². The van der Waals surface area contributed by atoms with E-state index in [4.69, 9.17) is 5.11 Å². The second kappa shape index (κ2) is 6.34. The van der Waals surface area contributed by atoms with Crippen LogP contribution < -0.4 is 5.32 Å². The second-order valence-electron chi connectivity index (χ2n) is 4.98. The molecule has 0 unspecified atom stereocenters. The van der Waals surface area contributed by atoms with Crippen LogP contribution >= 0.6 is 15.9 Å². The highest BCUT2D eigenvalue weighted by Crippen LogP contribution is 2.20. The molecule has 0 aromatic carbocycles. The van der Waals surface area contributed by atoms with Gasteiger partial charge >= 0.3 is 5.97 Å². The van der Waals surface area contributed by atoms with Crippen LogP contribution in [0.15, 0.2) is 16.7 Å². The summed E-state index contributed by atoms with van der Waals surface area (Å²) in [6.45, 7) is 2.99. The summed E-state index contributed by atoms with van der Waals surface area (Å²) < 4.78 is 0.676. The fraction of sp³-hybridized carbons (Fsp3) is 0.538. The van der Waals surface area contributed by atoms with Crippen LogP contribution in [0.25, 0.3) is 0 Å². The number of hydrogen-bond donors (Lipinski definition) is 2. The van der Waals surface area contributed by atoms with Gasteiger partial charge in [0.15, 0.2) is 0 Å². The van der Waals surface area contributed by atoms with Gasteiger partial charge in [-0.3, -0.25) is 0 Å². The number of aromatic carboxylic acids is 1. The predicted molar refractivity (Wildman–Crippen MR) is 77.6 cm³/mol. The van der Waals surface area contributed by atoms with E-state index in [1.165, 1.54) is 0 Å². The first-order chi connectivity index (χ1) is 9.06. The van der Waals surface area contributed by atoms with Gasteiger partial charge in [0, 0.05) is 17.2 Å². The number of nitrogens with zero attached hydrogens (tertiary/aromatic N) is 2. The van der Waals surface area contributed by atoms with Crippen molar-refractivity contribution in [2.75, 3.05) is 32.0 Å². The minimum Gasteiger partial charge on any atom is -0.478 e. The number of piperidine rings is 1. The topological polar surface area (TPSA) is 65.5 Å². The molecule has 0 aliphatic carbocycles. The normalized spacial score (nSPS) is 17.4. The molecule has 1 aromatic rings. The fourth-order valence-electron chi connectivity index (χ4n) is 2.25. The fourth-order valence-corrected chi connectivity index (χ4v) is 2.58. The Labute approximate surface area is 121 Å². The molecular formula is C13H18BrN3O2. The molecule has 104 valence electrons. The molecule has 1 aliphatic heterocycles. The summed E-state index contributed by atoms with van der Waals surface area (Å²) in [6.07, 6.45) is 3.90. The first-order valence-corrected chi connectivity index (χ1v) is 7.17. The Morgan fingerprint density at radius 2 is 2.26 bits per heavy atom. The first-order valence-electron chi connectivity index (χ1n) is 6.37. The molecule has 1 aromatic heterocycles. The second-order valence-corrected chi connectivity index (χ2v) is 5.90. The van der Waals surface area contributed by atoms with Crippen LogP contribution in [-0.2, 0) is 0 Å². The molecule has 2 N–H and O–H groups in total. The van der Waals surface area contributed by atoms with Crippen LogP contribution in [0.4, 0.5) is 5.82 Å². The van der Waals surface area contributed by atoms with Crippen molar-refractivity contribution in [2.45, 2.75) is 12.8 Å². The predicted octanol–water partition coefficient (Wildman–Crippen LogP) is 2.30. The molecule has 1 saturated heterocycles. The van der Waals surface area contributed by atoms with Gasteiger partial charge in [-0.25, -0.2) is 9.78 Å². The average molecular weight is 328 g/mol. The van der Waals surface area contributed by atoms with E-state index in [0.717, 1.165) is 32.5 Å². The molecule has 2 rings (SSSR count). The average Bonchev–Trinajstić information content (AvgIpc) is 2.39. The maximum atomic E-state index is 11.2. The third kappa shape index (κ3) is 3.91. The summed E-state index contributed by atoms with van der Waals surface area (Å²) in [5, 5.41) is 12.3. The Morgan fingerprint density at radius 3 is 2.89 bits per heavy atom. The summed E-state index contributed by atoms with van der Waals surface area (Å²) in [5.74, 6) is 0.0811. The molecule has 0 bridgehead atoms. The Kier molecular flexibility index (Phi) is 4.76. The van der Waals surface area contributed by atoms with Crippen molar-refractivity contribution in [3.8, 4) is 0 Å². The highest BCUT2D eigenvalue weighted by Gasteiger charge is 2.18. The number of likely N-dealkylation sites (tertiary alicyclic amines) is 1. The van der Waals surface area contributed by atoms with E-state index in [9.17, 15) is 4.79 Å². The van der Waals surface area contributed by atoms with Crippen LogP contribution in [0.1, 0.15) is 23.2 Å². The van der Waals surface area contributed by atoms with E-state index in [0.29, 0.717) is 16.2 Å². The Bertz CT molecular complexity index is 459. The molecule has 2 heterocycles. The van der Waals surface area contributed by atoms with E-state index in [-0.39, 0.29) is 5.56 Å². The van der Waals surface area contributed by atoms with Gasteiger partial charge in [0.1, 0.15) is 11.4 Å². The number of carboxylic acid groups (broad SMARTS) is 1. The van der Waals surface area contributed by atoms with E-state index in [1.54, 1.807) is 12.3 Å². The Balaban J connectivity index is 1.97. The number of rotatable bonds is 4. The number of nitrogens with one attached hydrogen (secondary N) is 1. The monoisotopic (exact) mass is 327 g/mol. The van der Waals surface area contributed by atoms with Crippen molar-refractivity contribution < 1.29 is 9.90 Å². The molecule has 19 heavy (non-hydrogen) atoms. The van der Waals surface area contributed by atoms with Gasteiger partial charge < -0.3 is 15.3 Å². The standard InChI is InChI=1S/C13H18BrN3O2/c1-17-4-2-9(3-5-17)7-15-12-11(13(18)19)6-10(14)8-16-12/h6,8-9H,2-5,7H2,1H3,(H,15,16)(H,18,19). The van der Waals surface area contributed by atoms with E-state index < -0.39 is 5.97 Å². The SMILES string of the molecule is CN1CCC(CNc2ncc(Br)cc2C(=O)O)CC1. The number of anilines is 1. The molecule has 0 atom stereocenters. The van der Waals surface area contributed by atoms with Crippen molar-refractivity contribution in [1.29, 1.82) is 0 Å². The van der Waals surface area contributed by atoms with E-state index in [1.807, 2.05) is 0 Å². The van der Waals surface area contributed by atoms with Crippen LogP contribution in [0.3, 0.4) is 0 Å². The molecule has 5 nitrogen and oxygen atoms in total. The summed E-state index contributed by atoms with van der Waals surface area (Å²) >= 11 is 3.24. The Morgan fingerprint density at radius 1 is 1.58 bits per heavy atom. The third-order valence-corrected chi connectivity index (χ3v) is 3.91. The number of carbonyl (C=O) groups is 1. The lowest BCUT2D eigenvalue weighted by Gasteiger charge is -2.29. The van der Waals surface area contributed by atoms with Crippen LogP contribution in [0.2, 0.25) is 0 Å². The summed E-state index contributed by atoms with van der Waals surface area (Å²) in [5.41, 5.74) is 0.210. The quantitative estimate of drug-likeness (QED) is 0.888. The lowest BCUT2D eigenvalue weighted by molar-refractivity contribution is 0.0697.